The molecule has 4 aromatic heterocycles. The van der Waals surface area contributed by atoms with Crippen LogP contribution in [-0.4, -0.2) is 18.7 Å². The lowest BCUT2D eigenvalue weighted by atomic mass is 9.89. The molecule has 0 saturated carbocycles. The van der Waals surface area contributed by atoms with Crippen LogP contribution in [0.3, 0.4) is 0 Å². The lowest BCUT2D eigenvalue weighted by Crippen LogP contribution is -1.99. The first-order chi connectivity index (χ1) is 32.9. The van der Waals surface area contributed by atoms with Crippen molar-refractivity contribution >= 4 is 66.7 Å². The molecule has 12 aromatic rings. The lowest BCUT2D eigenvalue weighted by molar-refractivity contribution is 1.10. The summed E-state index contributed by atoms with van der Waals surface area (Å²) in [5.41, 5.74) is 22.4. The monoisotopic (exact) mass is 876 g/mol. The second-order valence-corrected chi connectivity index (χ2v) is 17.8. The fourth-order valence-electron chi connectivity index (χ4n) is 10.8. The molecule has 0 aliphatic rings. The number of aryl methyl sites for hydroxylation is 3. The number of rotatable bonds is 8. The molecule has 4 nitrogen and oxygen atoms in total. The first-order valence-electron chi connectivity index (χ1n) is 23.1. The van der Waals surface area contributed by atoms with E-state index in [4.69, 9.17) is 0 Å². The molecule has 8 aromatic carbocycles. The molecule has 0 saturated heterocycles. The number of para-hydroxylation sites is 4. The van der Waals surface area contributed by atoms with E-state index < -0.39 is 0 Å². The Hall–Kier alpha value is -8.47. The van der Waals surface area contributed by atoms with Crippen LogP contribution in [0.15, 0.2) is 201 Å². The maximum Gasteiger partial charge on any atom is 0.0571 e. The van der Waals surface area contributed by atoms with Crippen LogP contribution in [0, 0.1) is 20.8 Å². The summed E-state index contributed by atoms with van der Waals surface area (Å²) in [7, 11) is 0. The molecule has 12 rings (SSSR count). The summed E-state index contributed by atoms with van der Waals surface area (Å²) >= 11 is 0. The van der Waals surface area contributed by atoms with Crippen molar-refractivity contribution in [2.45, 2.75) is 35.1 Å². The Morgan fingerprint density at radius 3 is 1.24 bits per heavy atom. The van der Waals surface area contributed by atoms with Crippen molar-refractivity contribution in [3.63, 3.8) is 0 Å². The van der Waals surface area contributed by atoms with Gasteiger partial charge in [0, 0.05) is 62.0 Å². The highest BCUT2D eigenvalue weighted by Gasteiger charge is 2.19. The number of hydrogen-bond donors (Lipinski definition) is 0. The molecular formula is C64H52N4. The number of fused-ring (bicyclic) bond motifs is 7. The second kappa shape index (κ2) is 16.8. The van der Waals surface area contributed by atoms with Crippen LogP contribution >= 0.6 is 0 Å². The lowest BCUT2D eigenvalue weighted by Gasteiger charge is -2.18. The number of benzene rings is 8. The molecule has 0 N–H and O–H groups in total. The second-order valence-electron chi connectivity index (χ2n) is 17.8. The molecule has 0 aliphatic heterocycles. The van der Waals surface area contributed by atoms with Gasteiger partial charge in [-0.15, -0.1) is 0 Å². The minimum atomic E-state index is 0. The first kappa shape index (κ1) is 42.2. The van der Waals surface area contributed by atoms with Crippen molar-refractivity contribution in [1.29, 1.82) is 0 Å². The van der Waals surface area contributed by atoms with Gasteiger partial charge in [0.1, 0.15) is 0 Å². The van der Waals surface area contributed by atoms with Crippen LogP contribution < -0.4 is 0 Å². The van der Waals surface area contributed by atoms with E-state index in [1.807, 2.05) is 18.5 Å². The zero-order chi connectivity index (χ0) is 45.3. The molecule has 0 aliphatic carbocycles. The molecule has 68 heavy (non-hydrogen) atoms. The van der Waals surface area contributed by atoms with Crippen LogP contribution in [-0.2, 0) is 0 Å². The summed E-state index contributed by atoms with van der Waals surface area (Å²) in [6.07, 6.45) is 10.2. The normalized spacial score (nSPS) is 11.7. The van der Waals surface area contributed by atoms with Gasteiger partial charge in [0.2, 0.25) is 0 Å². The van der Waals surface area contributed by atoms with Crippen molar-refractivity contribution in [3.05, 3.63) is 229 Å². The number of allylic oxidation sites excluding steroid dienone is 1. The maximum atomic E-state index is 4.49. The number of pyridine rings is 1. The minimum absolute atomic E-state index is 0. The Morgan fingerprint density at radius 2 is 0.809 bits per heavy atom. The zero-order valence-corrected chi connectivity index (χ0v) is 38.1. The molecule has 0 unspecified atom stereocenters. The van der Waals surface area contributed by atoms with Crippen LogP contribution in [0.25, 0.3) is 117 Å². The first-order valence-corrected chi connectivity index (χ1v) is 23.1. The summed E-state index contributed by atoms with van der Waals surface area (Å²) in [5.74, 6) is 0. The molecule has 0 atom stereocenters. The molecule has 0 bridgehead atoms. The predicted octanol–water partition coefficient (Wildman–Crippen LogP) is 17.5. The molecule has 328 valence electrons. The minimum Gasteiger partial charge on any atom is -0.309 e. The van der Waals surface area contributed by atoms with E-state index >= 15 is 0 Å². The van der Waals surface area contributed by atoms with Crippen LogP contribution in [0.4, 0.5) is 0 Å². The Labute approximate surface area is 398 Å². The molecular weight excluding hydrogens is 825 g/mol. The van der Waals surface area contributed by atoms with Crippen molar-refractivity contribution in [1.82, 2.24) is 18.7 Å². The van der Waals surface area contributed by atoms with Crippen LogP contribution in [0.5, 0.6) is 0 Å². The Kier molecular flexibility index (Phi) is 10.4. The molecule has 0 fully saturated rings. The highest BCUT2D eigenvalue weighted by molar-refractivity contribution is 6.10. The van der Waals surface area contributed by atoms with E-state index in [1.54, 1.807) is 0 Å². The van der Waals surface area contributed by atoms with Gasteiger partial charge in [-0.1, -0.05) is 117 Å². The van der Waals surface area contributed by atoms with Gasteiger partial charge >= 0.3 is 0 Å². The van der Waals surface area contributed by atoms with Gasteiger partial charge in [-0.3, -0.25) is 4.98 Å². The molecule has 0 spiro atoms. The standard InChI is InChI=1S/C63H48N4.CH4/c1-6-16-58-49(7-2)53-17-8-12-21-59(53)65(58)46-25-28-50(40(3)33-46)43-36-44(51-29-26-47(34-41(51)4)66-60-22-13-9-18-54(60)55-19-10-14-23-61(55)66)38-45(37-43)52-30-27-48(35-42(52)5)67-62-24-15-11-20-56(62)57-39-64-32-31-63(57)67;/h6-39H,2H2,1,3-5H3;1H4/b16-6-;. The average molecular weight is 877 g/mol. The van der Waals surface area contributed by atoms with E-state index in [9.17, 15) is 0 Å². The van der Waals surface area contributed by atoms with Gasteiger partial charge in [0.05, 0.1) is 33.3 Å². The van der Waals surface area contributed by atoms with E-state index in [0.717, 1.165) is 39.2 Å². The topological polar surface area (TPSA) is 27.7 Å². The number of nitrogens with zero attached hydrogens (tertiary/aromatic N) is 4. The highest BCUT2D eigenvalue weighted by Crippen LogP contribution is 2.41. The van der Waals surface area contributed by atoms with Crippen molar-refractivity contribution in [2.75, 3.05) is 0 Å². The Bertz CT molecular complexity index is 3710. The van der Waals surface area contributed by atoms with Gasteiger partial charge in [0.15, 0.2) is 0 Å². The van der Waals surface area contributed by atoms with Gasteiger partial charge in [-0.25, -0.2) is 0 Å². The SMILES string of the molecule is C.C=Cc1c(/C=C\C)n(-c2ccc(-c3cc(-c4ccc(-n5c6ccccc6c6ccccc65)cc4C)cc(-c4ccc(-n5c6ccccc6c6cnccc65)cc4C)c3)c(C)c2)c2ccccc12. The largest absolute Gasteiger partial charge is 0.309 e. The van der Waals surface area contributed by atoms with Gasteiger partial charge < -0.3 is 13.7 Å². The van der Waals surface area contributed by atoms with Gasteiger partial charge in [-0.05, 0) is 169 Å². The van der Waals surface area contributed by atoms with E-state index in [0.29, 0.717) is 0 Å². The highest BCUT2D eigenvalue weighted by atomic mass is 15.0. The van der Waals surface area contributed by atoms with Crippen molar-refractivity contribution < 1.29 is 0 Å². The fourth-order valence-corrected chi connectivity index (χ4v) is 10.8. The zero-order valence-electron chi connectivity index (χ0n) is 38.1. The van der Waals surface area contributed by atoms with Crippen LogP contribution in [0.1, 0.15) is 42.3 Å². The van der Waals surface area contributed by atoms with Crippen molar-refractivity contribution in [3.8, 4) is 50.4 Å². The summed E-state index contributed by atoms with van der Waals surface area (Å²) in [6.45, 7) is 13.0. The van der Waals surface area contributed by atoms with Crippen LogP contribution in [0.2, 0.25) is 0 Å². The average Bonchev–Trinajstić information content (AvgIpc) is 3.99. The molecule has 0 radical (unpaired) electrons. The van der Waals surface area contributed by atoms with E-state index in [2.05, 4.69) is 241 Å². The molecule has 4 heterocycles. The maximum absolute atomic E-state index is 4.49. The third-order valence-corrected chi connectivity index (χ3v) is 13.8. The predicted molar refractivity (Wildman–Crippen MR) is 292 cm³/mol. The quantitative estimate of drug-likeness (QED) is 0.149. The summed E-state index contributed by atoms with van der Waals surface area (Å²) < 4.78 is 7.14. The fraction of sp³-hybridized carbons (Fsp3) is 0.0781. The smallest absolute Gasteiger partial charge is 0.0571 e. The summed E-state index contributed by atoms with van der Waals surface area (Å²) in [5, 5.41) is 6.08. The van der Waals surface area contributed by atoms with E-state index in [1.165, 1.54) is 93.7 Å². The Morgan fingerprint density at radius 1 is 0.426 bits per heavy atom. The molecule has 4 heteroatoms. The number of hydrogen-bond acceptors (Lipinski definition) is 1. The van der Waals surface area contributed by atoms with E-state index in [-0.39, 0.29) is 7.43 Å². The third kappa shape index (κ3) is 6.63. The van der Waals surface area contributed by atoms with Crippen molar-refractivity contribution in [2.24, 2.45) is 0 Å². The summed E-state index contributed by atoms with van der Waals surface area (Å²) in [6, 6.07) is 64.7. The number of aromatic nitrogens is 4. The van der Waals surface area contributed by atoms with Gasteiger partial charge in [0.25, 0.3) is 0 Å². The third-order valence-electron chi connectivity index (χ3n) is 13.8. The Balaban J connectivity index is 0.00000507. The summed E-state index contributed by atoms with van der Waals surface area (Å²) in [4.78, 5) is 4.49. The molecule has 0 amide bonds. The van der Waals surface area contributed by atoms with Gasteiger partial charge in [-0.2, -0.15) is 0 Å².